The van der Waals surface area contributed by atoms with Gasteiger partial charge in [0.15, 0.2) is 0 Å². The first kappa shape index (κ1) is 10.7. The summed E-state index contributed by atoms with van der Waals surface area (Å²) in [5.41, 5.74) is 1.32. The van der Waals surface area contributed by atoms with E-state index in [0.29, 0.717) is 0 Å². The number of allylic oxidation sites excluding steroid dienone is 1. The van der Waals surface area contributed by atoms with Gasteiger partial charge in [0, 0.05) is 0 Å². The van der Waals surface area contributed by atoms with Crippen molar-refractivity contribution in [2.75, 3.05) is 0 Å². The van der Waals surface area contributed by atoms with Crippen LogP contribution in [0.4, 0.5) is 0 Å². The van der Waals surface area contributed by atoms with Gasteiger partial charge in [-0.25, -0.2) is 0 Å². The van der Waals surface area contributed by atoms with Gasteiger partial charge in [0.1, 0.15) is 0 Å². The van der Waals surface area contributed by atoms with Crippen molar-refractivity contribution in [3.05, 3.63) is 59.0 Å². The standard InChI is InChI=1S/C16H16/c1-4-8-15-13(5-2)11-12(3)14-9-6-7-10-16(14)15/h4-11H,1H2,2-3H3/b13-5-,15-8+. The molecule has 80 valence electrons. The highest BCUT2D eigenvalue weighted by molar-refractivity contribution is 5.87. The smallest absolute Gasteiger partial charge is 0.0103 e. The Balaban J connectivity index is 3.12. The highest BCUT2D eigenvalue weighted by Gasteiger charge is 1.98. The van der Waals surface area contributed by atoms with Crippen LogP contribution in [0.1, 0.15) is 12.5 Å². The van der Waals surface area contributed by atoms with Crippen molar-refractivity contribution in [1.29, 1.82) is 0 Å². The lowest BCUT2D eigenvalue weighted by Gasteiger charge is -2.03. The lowest BCUT2D eigenvalue weighted by Crippen LogP contribution is -2.25. The second-order valence-electron chi connectivity index (χ2n) is 3.93. The molecule has 0 aliphatic heterocycles. The lowest BCUT2D eigenvalue weighted by molar-refractivity contribution is 1.46. The van der Waals surface area contributed by atoms with E-state index in [0.717, 1.165) is 0 Å². The highest BCUT2D eigenvalue weighted by Crippen LogP contribution is 2.12. The molecule has 0 N–H and O–H groups in total. The van der Waals surface area contributed by atoms with E-state index in [2.05, 4.69) is 62.9 Å². The van der Waals surface area contributed by atoms with Crippen LogP contribution < -0.4 is 10.4 Å². The summed E-state index contributed by atoms with van der Waals surface area (Å²) < 4.78 is 0. The molecule has 16 heavy (non-hydrogen) atoms. The van der Waals surface area contributed by atoms with Crippen molar-refractivity contribution >= 4 is 22.9 Å². The Morgan fingerprint density at radius 3 is 2.44 bits per heavy atom. The molecule has 0 nitrogen and oxygen atoms in total. The first-order chi connectivity index (χ1) is 7.77. The molecule has 0 saturated heterocycles. The fraction of sp³-hybridized carbons (Fsp3) is 0.125. The van der Waals surface area contributed by atoms with E-state index in [-0.39, 0.29) is 0 Å². The van der Waals surface area contributed by atoms with Gasteiger partial charge in [0.2, 0.25) is 0 Å². The van der Waals surface area contributed by atoms with Crippen LogP contribution in [-0.4, -0.2) is 0 Å². The van der Waals surface area contributed by atoms with Gasteiger partial charge in [-0.15, -0.1) is 0 Å². The molecule has 2 aromatic rings. The Morgan fingerprint density at radius 2 is 1.81 bits per heavy atom. The normalized spacial score (nSPS) is 13.4. The number of hydrogen-bond acceptors (Lipinski definition) is 0. The first-order valence-electron chi connectivity index (χ1n) is 5.55. The number of aryl methyl sites for hydroxylation is 1. The van der Waals surface area contributed by atoms with E-state index < -0.39 is 0 Å². The maximum atomic E-state index is 3.79. The quantitative estimate of drug-likeness (QED) is 0.676. The second-order valence-corrected chi connectivity index (χ2v) is 3.93. The number of benzene rings is 2. The lowest BCUT2D eigenvalue weighted by atomic mass is 10.0. The molecule has 0 unspecified atom stereocenters. The van der Waals surface area contributed by atoms with Crippen LogP contribution in [0.15, 0.2) is 43.0 Å². The monoisotopic (exact) mass is 208 g/mol. The molecule has 0 saturated carbocycles. The van der Waals surface area contributed by atoms with Crippen LogP contribution in [0, 0.1) is 6.92 Å². The molecule has 0 radical (unpaired) electrons. The summed E-state index contributed by atoms with van der Waals surface area (Å²) in [7, 11) is 0. The Labute approximate surface area is 96.2 Å². The number of rotatable bonds is 1. The molecular weight excluding hydrogens is 192 g/mol. The van der Waals surface area contributed by atoms with Gasteiger partial charge in [0.25, 0.3) is 0 Å². The van der Waals surface area contributed by atoms with Crippen molar-refractivity contribution in [2.24, 2.45) is 0 Å². The molecule has 0 spiro atoms. The Bertz CT molecular complexity index is 646. The van der Waals surface area contributed by atoms with Crippen molar-refractivity contribution in [3.8, 4) is 0 Å². The predicted octanol–water partition coefficient (Wildman–Crippen LogP) is 2.92. The maximum absolute atomic E-state index is 3.79. The Kier molecular flexibility index (Phi) is 2.91. The maximum Gasteiger partial charge on any atom is -0.0103 e. The minimum atomic E-state index is 1.26. The summed E-state index contributed by atoms with van der Waals surface area (Å²) in [5.74, 6) is 0. The second kappa shape index (κ2) is 4.36. The average Bonchev–Trinajstić information content (AvgIpc) is 2.33. The van der Waals surface area contributed by atoms with E-state index in [4.69, 9.17) is 0 Å². The van der Waals surface area contributed by atoms with Gasteiger partial charge < -0.3 is 0 Å². The zero-order chi connectivity index (χ0) is 11.5. The van der Waals surface area contributed by atoms with Crippen molar-refractivity contribution in [3.63, 3.8) is 0 Å². The summed E-state index contributed by atoms with van der Waals surface area (Å²) in [6.07, 6.45) is 6.08. The Morgan fingerprint density at radius 1 is 1.12 bits per heavy atom. The van der Waals surface area contributed by atoms with Gasteiger partial charge in [-0.3, -0.25) is 0 Å². The molecule has 0 aliphatic rings. The van der Waals surface area contributed by atoms with Crippen LogP contribution >= 0.6 is 0 Å². The topological polar surface area (TPSA) is 0 Å². The van der Waals surface area contributed by atoms with E-state index >= 15 is 0 Å². The van der Waals surface area contributed by atoms with Crippen LogP contribution in [0.2, 0.25) is 0 Å². The zero-order valence-corrected chi connectivity index (χ0v) is 9.83. The van der Waals surface area contributed by atoms with E-state index in [1.165, 1.54) is 26.8 Å². The fourth-order valence-corrected chi connectivity index (χ4v) is 2.15. The molecule has 2 aromatic carbocycles. The molecule has 0 aromatic heterocycles. The number of fused-ring (bicyclic) bond motifs is 1. The summed E-state index contributed by atoms with van der Waals surface area (Å²) in [6, 6.07) is 10.7. The summed E-state index contributed by atoms with van der Waals surface area (Å²) in [5, 5.41) is 5.16. The van der Waals surface area contributed by atoms with Crippen LogP contribution in [0.25, 0.3) is 22.9 Å². The molecular formula is C16H16. The third kappa shape index (κ3) is 1.67. The molecule has 0 heteroatoms. The van der Waals surface area contributed by atoms with Crippen LogP contribution in [0.5, 0.6) is 0 Å². The summed E-state index contributed by atoms with van der Waals surface area (Å²) >= 11 is 0. The third-order valence-electron chi connectivity index (χ3n) is 2.92. The highest BCUT2D eigenvalue weighted by atomic mass is 14.0. The van der Waals surface area contributed by atoms with Crippen LogP contribution in [0.3, 0.4) is 0 Å². The molecule has 0 amide bonds. The minimum absolute atomic E-state index is 1.26. The van der Waals surface area contributed by atoms with E-state index in [9.17, 15) is 0 Å². The number of hydrogen-bond donors (Lipinski definition) is 0. The van der Waals surface area contributed by atoms with Gasteiger partial charge in [-0.2, -0.15) is 0 Å². The van der Waals surface area contributed by atoms with Gasteiger partial charge in [-0.05, 0) is 40.6 Å². The minimum Gasteiger partial charge on any atom is -0.0990 e. The largest absolute Gasteiger partial charge is 0.0990 e. The van der Waals surface area contributed by atoms with Gasteiger partial charge >= 0.3 is 0 Å². The van der Waals surface area contributed by atoms with Gasteiger partial charge in [0.05, 0.1) is 0 Å². The van der Waals surface area contributed by atoms with Crippen molar-refractivity contribution in [1.82, 2.24) is 0 Å². The molecule has 2 rings (SSSR count). The van der Waals surface area contributed by atoms with Crippen LogP contribution in [-0.2, 0) is 0 Å². The van der Waals surface area contributed by atoms with E-state index in [1.54, 1.807) is 0 Å². The molecule has 0 heterocycles. The van der Waals surface area contributed by atoms with Gasteiger partial charge in [-0.1, -0.05) is 55.1 Å². The molecule has 0 aliphatic carbocycles. The molecule has 0 atom stereocenters. The molecule has 0 bridgehead atoms. The Hall–Kier alpha value is -1.82. The molecule has 0 fully saturated rings. The fourth-order valence-electron chi connectivity index (χ4n) is 2.15. The van der Waals surface area contributed by atoms with Crippen molar-refractivity contribution in [2.45, 2.75) is 13.8 Å². The first-order valence-corrected chi connectivity index (χ1v) is 5.55. The van der Waals surface area contributed by atoms with E-state index in [1.807, 2.05) is 6.08 Å². The average molecular weight is 208 g/mol. The predicted molar refractivity (Wildman–Crippen MR) is 72.7 cm³/mol. The van der Waals surface area contributed by atoms with Crippen molar-refractivity contribution < 1.29 is 0 Å². The SMILES string of the molecule is C=C/C=c1\c(=C/C)cc(C)c2ccccc12. The summed E-state index contributed by atoms with van der Waals surface area (Å²) in [4.78, 5) is 0. The zero-order valence-electron chi connectivity index (χ0n) is 9.83. The third-order valence-corrected chi connectivity index (χ3v) is 2.92. The summed E-state index contributed by atoms with van der Waals surface area (Å²) in [6.45, 7) is 8.02.